The van der Waals surface area contributed by atoms with Gasteiger partial charge >= 0.3 is 0 Å². The first-order valence-electron chi connectivity index (χ1n) is 9.59. The van der Waals surface area contributed by atoms with Crippen molar-refractivity contribution >= 4 is 27.5 Å². The van der Waals surface area contributed by atoms with Gasteiger partial charge in [0.2, 0.25) is 0 Å². The minimum Gasteiger partial charge on any atom is -0.328 e. The van der Waals surface area contributed by atoms with Crippen molar-refractivity contribution in [2.45, 2.75) is 32.4 Å². The lowest BCUT2D eigenvalue weighted by Crippen LogP contribution is -2.48. The summed E-state index contributed by atoms with van der Waals surface area (Å²) in [6.45, 7) is 4.65. The fourth-order valence-corrected chi connectivity index (χ4v) is 5.37. The van der Waals surface area contributed by atoms with Gasteiger partial charge in [-0.1, -0.05) is 6.07 Å². The second kappa shape index (κ2) is 6.79. The monoisotopic (exact) mass is 395 g/mol. The van der Waals surface area contributed by atoms with Crippen LogP contribution in [0, 0.1) is 6.92 Å². The zero-order chi connectivity index (χ0) is 19.3. The molecule has 1 atom stereocenters. The first-order valence-corrected chi connectivity index (χ1v) is 10.4. The molecule has 5 rings (SSSR count). The fraction of sp³-hybridized carbons (Fsp3) is 0.400. The third-order valence-corrected chi connectivity index (χ3v) is 6.85. The van der Waals surface area contributed by atoms with Gasteiger partial charge in [-0.2, -0.15) is 0 Å². The lowest BCUT2D eigenvalue weighted by molar-refractivity contribution is 0.0638. The summed E-state index contributed by atoms with van der Waals surface area (Å²) in [7, 11) is 0. The molecule has 7 nitrogen and oxygen atoms in total. The molecule has 1 fully saturated rings. The largest absolute Gasteiger partial charge is 0.328 e. The van der Waals surface area contributed by atoms with Gasteiger partial charge in [0.1, 0.15) is 10.7 Å². The summed E-state index contributed by atoms with van der Waals surface area (Å²) in [6, 6.07) is 3.82. The van der Waals surface area contributed by atoms with Crippen molar-refractivity contribution in [3.63, 3.8) is 0 Å². The van der Waals surface area contributed by atoms with Gasteiger partial charge in [0.15, 0.2) is 0 Å². The third kappa shape index (κ3) is 2.67. The number of piperazine rings is 1. The van der Waals surface area contributed by atoms with Gasteiger partial charge in [0.25, 0.3) is 11.5 Å². The van der Waals surface area contributed by atoms with Gasteiger partial charge in [-0.15, -0.1) is 11.3 Å². The lowest BCUT2D eigenvalue weighted by Gasteiger charge is -2.36. The van der Waals surface area contributed by atoms with Gasteiger partial charge in [-0.3, -0.25) is 19.1 Å². The van der Waals surface area contributed by atoms with E-state index >= 15 is 0 Å². The zero-order valence-corrected chi connectivity index (χ0v) is 16.5. The summed E-state index contributed by atoms with van der Waals surface area (Å²) < 4.78 is 1.76. The number of amides is 1. The molecule has 8 heteroatoms. The molecule has 5 heterocycles. The Labute approximate surface area is 166 Å². The van der Waals surface area contributed by atoms with E-state index in [4.69, 9.17) is 4.98 Å². The molecule has 144 valence electrons. The zero-order valence-electron chi connectivity index (χ0n) is 15.6. The number of hydrogen-bond acceptors (Lipinski definition) is 6. The Hall–Kier alpha value is -2.58. The third-order valence-electron chi connectivity index (χ3n) is 5.68. The molecule has 28 heavy (non-hydrogen) atoms. The van der Waals surface area contributed by atoms with Crippen molar-refractivity contribution in [3.8, 4) is 0 Å². The molecule has 1 amide bonds. The van der Waals surface area contributed by atoms with Crippen LogP contribution in [0.25, 0.3) is 10.2 Å². The molecule has 3 aromatic heterocycles. The summed E-state index contributed by atoms with van der Waals surface area (Å²) in [5.41, 5.74) is 1.77. The summed E-state index contributed by atoms with van der Waals surface area (Å²) in [5.74, 6) is 0.813. The average molecular weight is 395 g/mol. The summed E-state index contributed by atoms with van der Waals surface area (Å²) in [5, 5.41) is 3.97. The Morgan fingerprint density at radius 1 is 1.36 bits per heavy atom. The highest BCUT2D eigenvalue weighted by Crippen LogP contribution is 2.32. The number of hydrogen-bond donors (Lipinski definition) is 1. The number of carbonyl (C=O) groups is 1. The van der Waals surface area contributed by atoms with E-state index in [1.54, 1.807) is 10.8 Å². The van der Waals surface area contributed by atoms with Crippen LogP contribution in [0.15, 0.2) is 29.3 Å². The van der Waals surface area contributed by atoms with Crippen LogP contribution in [0.5, 0.6) is 0 Å². The SMILES string of the molecule is Cc1c(C(=O)N2CCNCC2c2cccnc2)sc2nc3n(c(=O)c12)CCC3. The van der Waals surface area contributed by atoms with Crippen LogP contribution in [0.4, 0.5) is 0 Å². The Morgan fingerprint density at radius 2 is 2.25 bits per heavy atom. The molecule has 0 aliphatic carbocycles. The molecule has 2 aliphatic heterocycles. The van der Waals surface area contributed by atoms with Crippen molar-refractivity contribution in [3.05, 3.63) is 56.7 Å². The number of nitrogens with one attached hydrogen (secondary N) is 1. The molecule has 0 aromatic carbocycles. The van der Waals surface area contributed by atoms with Gasteiger partial charge in [0.05, 0.1) is 16.3 Å². The molecular weight excluding hydrogens is 374 g/mol. The number of thiophene rings is 1. The maximum atomic E-state index is 13.5. The number of pyridine rings is 1. The summed E-state index contributed by atoms with van der Waals surface area (Å²) in [4.78, 5) is 38.5. The molecule has 1 unspecified atom stereocenters. The standard InChI is InChI=1S/C20H21N5O2S/c1-12-16-18(23-15-5-3-8-25(15)19(16)26)28-17(12)20(27)24-9-7-22-11-14(24)13-4-2-6-21-10-13/h2,4,6,10,14,22H,3,5,7-9,11H2,1H3. The predicted octanol–water partition coefficient (Wildman–Crippen LogP) is 1.89. The number of aromatic nitrogens is 3. The van der Waals surface area contributed by atoms with Crippen LogP contribution in [0.2, 0.25) is 0 Å². The Balaban J connectivity index is 1.58. The van der Waals surface area contributed by atoms with E-state index in [-0.39, 0.29) is 17.5 Å². The number of aryl methyl sites for hydroxylation is 2. The topological polar surface area (TPSA) is 80.1 Å². The van der Waals surface area contributed by atoms with Crippen LogP contribution in [-0.2, 0) is 13.0 Å². The number of carbonyl (C=O) groups excluding carboxylic acids is 1. The lowest BCUT2D eigenvalue weighted by atomic mass is 10.0. The van der Waals surface area contributed by atoms with Crippen molar-refractivity contribution in [1.82, 2.24) is 24.8 Å². The minimum atomic E-state index is -0.0707. The number of nitrogens with zero attached hydrogens (tertiary/aromatic N) is 4. The Morgan fingerprint density at radius 3 is 3.07 bits per heavy atom. The van der Waals surface area contributed by atoms with Gasteiger partial charge < -0.3 is 10.2 Å². The number of rotatable bonds is 2. The first-order chi connectivity index (χ1) is 13.6. The van der Waals surface area contributed by atoms with E-state index in [0.29, 0.717) is 28.2 Å². The normalized spacial score (nSPS) is 19.2. The van der Waals surface area contributed by atoms with Gasteiger partial charge in [-0.05, 0) is 30.5 Å². The molecule has 0 radical (unpaired) electrons. The smallest absolute Gasteiger partial charge is 0.264 e. The molecule has 0 saturated carbocycles. The fourth-order valence-electron chi connectivity index (χ4n) is 4.23. The van der Waals surface area contributed by atoms with E-state index in [9.17, 15) is 9.59 Å². The maximum absolute atomic E-state index is 13.5. The van der Waals surface area contributed by atoms with E-state index in [1.807, 2.05) is 30.2 Å². The van der Waals surface area contributed by atoms with E-state index in [2.05, 4.69) is 10.3 Å². The second-order valence-corrected chi connectivity index (χ2v) is 8.33. The summed E-state index contributed by atoms with van der Waals surface area (Å²) in [6.07, 6.45) is 5.33. The first kappa shape index (κ1) is 17.5. The van der Waals surface area contributed by atoms with Crippen LogP contribution in [-0.4, -0.2) is 45.0 Å². The number of fused-ring (bicyclic) bond motifs is 2. The second-order valence-electron chi connectivity index (χ2n) is 7.33. The van der Waals surface area contributed by atoms with E-state index < -0.39 is 0 Å². The molecule has 1 N–H and O–H groups in total. The van der Waals surface area contributed by atoms with Gasteiger partial charge in [0, 0.05) is 45.0 Å². The predicted molar refractivity (Wildman–Crippen MR) is 108 cm³/mol. The van der Waals surface area contributed by atoms with Crippen molar-refractivity contribution in [1.29, 1.82) is 0 Å². The average Bonchev–Trinajstić information content (AvgIpc) is 3.33. The Kier molecular flexibility index (Phi) is 4.25. The quantitative estimate of drug-likeness (QED) is 0.717. The van der Waals surface area contributed by atoms with Crippen LogP contribution >= 0.6 is 11.3 Å². The van der Waals surface area contributed by atoms with Crippen molar-refractivity contribution < 1.29 is 4.79 Å². The molecule has 2 aliphatic rings. The minimum absolute atomic E-state index is 0.00517. The molecule has 1 saturated heterocycles. The van der Waals surface area contributed by atoms with Gasteiger partial charge in [-0.25, -0.2) is 4.98 Å². The van der Waals surface area contributed by atoms with E-state index in [1.165, 1.54) is 11.3 Å². The Bertz CT molecular complexity index is 1120. The van der Waals surface area contributed by atoms with Crippen molar-refractivity contribution in [2.24, 2.45) is 0 Å². The molecule has 0 spiro atoms. The van der Waals surface area contributed by atoms with Crippen molar-refractivity contribution in [2.75, 3.05) is 19.6 Å². The highest BCUT2D eigenvalue weighted by molar-refractivity contribution is 7.20. The molecule has 3 aromatic rings. The molecule has 0 bridgehead atoms. The van der Waals surface area contributed by atoms with Crippen LogP contribution in [0.1, 0.15) is 39.1 Å². The molecular formula is C20H21N5O2S. The van der Waals surface area contributed by atoms with E-state index in [0.717, 1.165) is 42.9 Å². The maximum Gasteiger partial charge on any atom is 0.264 e. The van der Waals surface area contributed by atoms with Crippen LogP contribution in [0.3, 0.4) is 0 Å². The highest BCUT2D eigenvalue weighted by atomic mass is 32.1. The summed E-state index contributed by atoms with van der Waals surface area (Å²) >= 11 is 1.35. The van der Waals surface area contributed by atoms with Crippen LogP contribution < -0.4 is 10.9 Å². The highest BCUT2D eigenvalue weighted by Gasteiger charge is 2.32.